The summed E-state index contributed by atoms with van der Waals surface area (Å²) in [4.78, 5) is 16.7. The molecule has 20 heavy (non-hydrogen) atoms. The van der Waals surface area contributed by atoms with Crippen molar-refractivity contribution in [1.82, 2.24) is 0 Å². The van der Waals surface area contributed by atoms with Crippen molar-refractivity contribution < 1.29 is 9.59 Å². The standard InChI is InChI=1S/C13H11N.2CHNO/c1-8-6-7-11(14)13-10-5-3-2-4-9(10)12(8)13;2*2-1-3/h2-7H,14H2,1H3;2*2H. The number of hydrogen-bond acceptors (Lipinski definition) is 5. The zero-order valence-electron chi connectivity index (χ0n) is 10.9. The van der Waals surface area contributed by atoms with E-state index >= 15 is 0 Å². The van der Waals surface area contributed by atoms with E-state index in [-0.39, 0.29) is 0 Å². The Kier molecular flexibility index (Phi) is 5.12. The van der Waals surface area contributed by atoms with Crippen LogP contribution in [0, 0.1) is 17.7 Å². The third-order valence-corrected chi connectivity index (χ3v) is 2.91. The largest absolute Gasteiger partial charge is 0.398 e. The van der Waals surface area contributed by atoms with E-state index in [1.165, 1.54) is 27.8 Å². The predicted octanol–water partition coefficient (Wildman–Crippen LogP) is 3.03. The molecule has 0 heterocycles. The lowest BCUT2D eigenvalue weighted by molar-refractivity contribution is 0.562. The van der Waals surface area contributed by atoms with Crippen LogP contribution in [0.5, 0.6) is 0 Å². The average molecular weight is 267 g/mol. The van der Waals surface area contributed by atoms with Gasteiger partial charge in [0.05, 0.1) is 0 Å². The second-order valence-corrected chi connectivity index (χ2v) is 3.97. The molecule has 3 rings (SSSR count). The number of anilines is 1. The van der Waals surface area contributed by atoms with Gasteiger partial charge in [-0.05, 0) is 35.2 Å². The third-order valence-electron chi connectivity index (χ3n) is 2.91. The monoisotopic (exact) mass is 267 g/mol. The van der Waals surface area contributed by atoms with E-state index in [2.05, 4.69) is 37.3 Å². The van der Waals surface area contributed by atoms with Crippen molar-refractivity contribution in [3.05, 3.63) is 42.0 Å². The molecule has 1 aliphatic carbocycles. The third kappa shape index (κ3) is 2.70. The molecular weight excluding hydrogens is 254 g/mol. The van der Waals surface area contributed by atoms with Crippen molar-refractivity contribution in [2.75, 3.05) is 5.73 Å². The number of aryl methyl sites for hydroxylation is 1. The van der Waals surface area contributed by atoms with Gasteiger partial charge in [-0.3, -0.25) is 0 Å². The first-order valence-electron chi connectivity index (χ1n) is 5.68. The molecular formula is C15H13N3O2. The van der Waals surface area contributed by atoms with Crippen LogP contribution in [0.25, 0.3) is 22.3 Å². The molecule has 0 spiro atoms. The van der Waals surface area contributed by atoms with Gasteiger partial charge >= 0.3 is 0 Å². The van der Waals surface area contributed by atoms with E-state index in [9.17, 15) is 0 Å². The van der Waals surface area contributed by atoms with E-state index in [0.29, 0.717) is 0 Å². The predicted molar refractivity (Wildman–Crippen MR) is 76.8 cm³/mol. The second kappa shape index (κ2) is 6.81. The van der Waals surface area contributed by atoms with Gasteiger partial charge in [0.2, 0.25) is 12.2 Å². The van der Waals surface area contributed by atoms with Crippen LogP contribution in [0.15, 0.2) is 36.4 Å². The summed E-state index contributed by atoms with van der Waals surface area (Å²) in [6.45, 7) is 2.13. The molecule has 5 nitrogen and oxygen atoms in total. The highest BCUT2D eigenvalue weighted by atomic mass is 16.1. The van der Waals surface area contributed by atoms with Gasteiger partial charge < -0.3 is 5.73 Å². The van der Waals surface area contributed by atoms with E-state index in [0.717, 1.165) is 17.8 Å². The van der Waals surface area contributed by atoms with Crippen LogP contribution in [-0.2, 0) is 9.59 Å². The minimum atomic E-state index is 0.750. The van der Waals surface area contributed by atoms with Crippen molar-refractivity contribution in [3.8, 4) is 22.3 Å². The molecule has 5 heteroatoms. The molecule has 0 saturated carbocycles. The highest BCUT2D eigenvalue weighted by Gasteiger charge is 2.25. The zero-order valence-corrected chi connectivity index (χ0v) is 10.9. The van der Waals surface area contributed by atoms with Gasteiger partial charge in [-0.15, -0.1) is 0 Å². The van der Waals surface area contributed by atoms with Gasteiger partial charge in [0, 0.05) is 11.3 Å². The van der Waals surface area contributed by atoms with Crippen LogP contribution in [0.3, 0.4) is 0 Å². The molecule has 4 N–H and O–H groups in total. The summed E-state index contributed by atoms with van der Waals surface area (Å²) in [6, 6.07) is 12.5. The number of rotatable bonds is 0. The Bertz CT molecular complexity index is 636. The topological polar surface area (TPSA) is 108 Å². The van der Waals surface area contributed by atoms with Gasteiger partial charge in [0.1, 0.15) is 0 Å². The molecule has 0 radical (unpaired) electrons. The van der Waals surface area contributed by atoms with E-state index in [4.69, 9.17) is 26.1 Å². The van der Waals surface area contributed by atoms with Crippen molar-refractivity contribution in [2.24, 2.45) is 0 Å². The van der Waals surface area contributed by atoms with Crippen LogP contribution in [0.4, 0.5) is 5.69 Å². The summed E-state index contributed by atoms with van der Waals surface area (Å²) in [5, 5.41) is 10.8. The molecule has 0 aromatic heterocycles. The number of nitrogen functional groups attached to an aromatic ring is 1. The average Bonchev–Trinajstić information content (AvgIpc) is 2.39. The number of nitrogens with two attached hydrogens (primary N) is 1. The maximum Gasteiger partial charge on any atom is 0.231 e. The van der Waals surface area contributed by atoms with Gasteiger partial charge in [-0.25, -0.2) is 20.4 Å². The molecule has 0 amide bonds. The maximum atomic E-state index is 8.35. The second-order valence-electron chi connectivity index (χ2n) is 3.97. The molecule has 1 aliphatic rings. The van der Waals surface area contributed by atoms with E-state index < -0.39 is 0 Å². The Labute approximate surface area is 116 Å². The van der Waals surface area contributed by atoms with Crippen LogP contribution in [0.2, 0.25) is 0 Å². The fraction of sp³-hybridized carbons (Fsp3) is 0.0667. The Morgan fingerprint density at radius 1 is 0.900 bits per heavy atom. The maximum absolute atomic E-state index is 8.35. The van der Waals surface area contributed by atoms with E-state index in [1.807, 2.05) is 6.07 Å². The molecule has 0 atom stereocenters. The minimum absolute atomic E-state index is 0.750. The van der Waals surface area contributed by atoms with Crippen molar-refractivity contribution in [2.45, 2.75) is 6.92 Å². The summed E-state index contributed by atoms with van der Waals surface area (Å²) in [5.41, 5.74) is 13.4. The first kappa shape index (κ1) is 15.1. The molecule has 2 aromatic carbocycles. The Morgan fingerprint density at radius 3 is 1.85 bits per heavy atom. The molecule has 0 unspecified atom stereocenters. The summed E-state index contributed by atoms with van der Waals surface area (Å²) >= 11 is 0. The van der Waals surface area contributed by atoms with Crippen LogP contribution in [0.1, 0.15) is 5.56 Å². The summed E-state index contributed by atoms with van der Waals surface area (Å²) in [7, 11) is 0. The highest BCUT2D eigenvalue weighted by molar-refractivity contribution is 6.08. The van der Waals surface area contributed by atoms with Crippen LogP contribution in [-0.4, -0.2) is 12.2 Å². The minimum Gasteiger partial charge on any atom is -0.398 e. The van der Waals surface area contributed by atoms with Crippen molar-refractivity contribution in [3.63, 3.8) is 0 Å². The number of isocyanates is 2. The Morgan fingerprint density at radius 2 is 1.35 bits per heavy atom. The number of fused-ring (bicyclic) bond motifs is 4. The lowest BCUT2D eigenvalue weighted by Crippen LogP contribution is -2.04. The summed E-state index contributed by atoms with van der Waals surface area (Å²) < 4.78 is 0. The normalized spacial score (nSPS) is 8.85. The van der Waals surface area contributed by atoms with Crippen LogP contribution >= 0.6 is 0 Å². The molecule has 0 saturated heterocycles. The van der Waals surface area contributed by atoms with Crippen molar-refractivity contribution in [1.29, 1.82) is 10.8 Å². The molecule has 0 bridgehead atoms. The quantitative estimate of drug-likeness (QED) is 0.331. The molecule has 0 aliphatic heterocycles. The molecule has 100 valence electrons. The number of hydrogen-bond donors (Lipinski definition) is 3. The van der Waals surface area contributed by atoms with Gasteiger partial charge in [0.25, 0.3) is 0 Å². The fourth-order valence-corrected chi connectivity index (χ4v) is 2.22. The number of benzene rings is 2. The van der Waals surface area contributed by atoms with Gasteiger partial charge in [-0.1, -0.05) is 30.3 Å². The van der Waals surface area contributed by atoms with E-state index in [1.54, 1.807) is 0 Å². The molecule has 2 aromatic rings. The summed E-state index contributed by atoms with van der Waals surface area (Å²) in [5.74, 6) is 0. The fourth-order valence-electron chi connectivity index (χ4n) is 2.22. The smallest absolute Gasteiger partial charge is 0.231 e. The first-order valence-corrected chi connectivity index (χ1v) is 5.68. The highest BCUT2D eigenvalue weighted by Crippen LogP contribution is 2.51. The summed E-state index contributed by atoms with van der Waals surface area (Å²) in [6.07, 6.45) is 1.50. The number of carbonyl (C=O) groups excluding carboxylic acids is 2. The van der Waals surface area contributed by atoms with Crippen LogP contribution < -0.4 is 5.73 Å². The van der Waals surface area contributed by atoms with Gasteiger partial charge in [0.15, 0.2) is 0 Å². The Balaban J connectivity index is 0.000000290. The lowest BCUT2D eigenvalue weighted by Gasteiger charge is -2.27. The Hall–Kier alpha value is -3.00. The van der Waals surface area contributed by atoms with Crippen molar-refractivity contribution >= 4 is 17.8 Å². The lowest BCUT2D eigenvalue weighted by atomic mass is 9.77. The number of nitrogens with one attached hydrogen (secondary N) is 2. The molecule has 0 fully saturated rings. The SMILES string of the molecule is Cc1ccc(N)c2c1-c1ccccc1-2.N=C=O.N=C=O. The van der Waals surface area contributed by atoms with Gasteiger partial charge in [-0.2, -0.15) is 0 Å². The zero-order chi connectivity index (χ0) is 15.1. The first-order chi connectivity index (χ1) is 9.62.